The zero-order chi connectivity index (χ0) is 21.8. The fourth-order valence-corrected chi connectivity index (χ4v) is 4.03. The predicted octanol–water partition coefficient (Wildman–Crippen LogP) is 5.86. The van der Waals surface area contributed by atoms with Crippen molar-refractivity contribution in [2.45, 2.75) is 13.2 Å². The quantitative estimate of drug-likeness (QED) is 0.343. The van der Waals surface area contributed by atoms with E-state index in [1.165, 1.54) is 23.5 Å². The molecule has 0 atom stereocenters. The molecular weight excluding hydrogens is 488 g/mol. The Morgan fingerprint density at radius 1 is 1.13 bits per heavy atom. The molecule has 0 unspecified atom stereocenters. The smallest absolute Gasteiger partial charge is 0.266 e. The molecule has 9 heteroatoms. The normalized spacial score (nSPS) is 10.8. The number of benzene rings is 2. The number of nitrogens with zero attached hydrogens (tertiary/aromatic N) is 2. The number of rotatable bonds is 7. The minimum absolute atomic E-state index is 0.145. The summed E-state index contributed by atoms with van der Waals surface area (Å²) in [6.45, 7) is 0.378. The van der Waals surface area contributed by atoms with Gasteiger partial charge >= 0.3 is 0 Å². The van der Waals surface area contributed by atoms with Crippen LogP contribution >= 0.6 is 27.3 Å². The molecule has 0 spiro atoms. The third kappa shape index (κ3) is 5.18. The molecule has 1 N–H and O–H groups in total. The van der Waals surface area contributed by atoms with Crippen LogP contribution in [0.4, 0.5) is 14.6 Å². The lowest BCUT2D eigenvalue weighted by atomic mass is 10.2. The van der Waals surface area contributed by atoms with Crippen molar-refractivity contribution in [3.63, 3.8) is 0 Å². The Morgan fingerprint density at radius 3 is 2.65 bits per heavy atom. The molecule has 0 saturated heterocycles. The lowest BCUT2D eigenvalue weighted by Crippen LogP contribution is -2.12. The molecular formula is C22H16BrF2N3O2S. The maximum absolute atomic E-state index is 13.9. The third-order valence-electron chi connectivity index (χ3n) is 4.35. The van der Waals surface area contributed by atoms with Crippen LogP contribution in [0.3, 0.4) is 0 Å². The number of aromatic nitrogens is 2. The third-order valence-corrected chi connectivity index (χ3v) is 5.91. The van der Waals surface area contributed by atoms with E-state index in [1.54, 1.807) is 58.7 Å². The molecule has 0 aliphatic heterocycles. The molecule has 4 aromatic rings. The maximum Gasteiger partial charge on any atom is 0.266 e. The lowest BCUT2D eigenvalue weighted by Gasteiger charge is -2.05. The van der Waals surface area contributed by atoms with Crippen LogP contribution < -0.4 is 10.1 Å². The second-order valence-corrected chi connectivity index (χ2v) is 8.37. The van der Waals surface area contributed by atoms with Crippen molar-refractivity contribution in [1.82, 2.24) is 9.78 Å². The highest BCUT2D eigenvalue weighted by Crippen LogP contribution is 2.24. The van der Waals surface area contributed by atoms with Gasteiger partial charge < -0.3 is 10.1 Å². The van der Waals surface area contributed by atoms with Gasteiger partial charge in [-0.2, -0.15) is 5.10 Å². The van der Waals surface area contributed by atoms with Gasteiger partial charge in [-0.25, -0.2) is 8.78 Å². The summed E-state index contributed by atoms with van der Waals surface area (Å²) in [5.41, 5.74) is 1.25. The Hall–Kier alpha value is -3.04. The first-order valence-electron chi connectivity index (χ1n) is 9.22. The van der Waals surface area contributed by atoms with Crippen LogP contribution in [0.2, 0.25) is 0 Å². The van der Waals surface area contributed by atoms with Crippen LogP contribution in [0.5, 0.6) is 5.75 Å². The van der Waals surface area contributed by atoms with E-state index in [2.05, 4.69) is 26.3 Å². The number of carbonyl (C=O) groups excluding carboxylic acids is 1. The van der Waals surface area contributed by atoms with Gasteiger partial charge in [-0.1, -0.05) is 30.3 Å². The number of anilines is 1. The Balaban J connectivity index is 1.39. The first-order valence-corrected chi connectivity index (χ1v) is 10.9. The standard InChI is InChI=1S/C22H16BrF2N3O2S/c23-16-11-28(10-15-5-1-2-6-17(15)24)27-21(16)26-22(29)20-9-14(13-31-20)12-30-19-8-4-3-7-18(19)25/h1-9,11,13H,10,12H2,(H,26,27,29). The Kier molecular flexibility index (Phi) is 6.43. The molecule has 0 radical (unpaired) electrons. The zero-order valence-corrected chi connectivity index (χ0v) is 18.4. The van der Waals surface area contributed by atoms with Crippen LogP contribution in [0.1, 0.15) is 20.8 Å². The maximum atomic E-state index is 13.9. The largest absolute Gasteiger partial charge is 0.486 e. The number of para-hydroxylation sites is 1. The SMILES string of the molecule is O=C(Nc1nn(Cc2ccccc2F)cc1Br)c1cc(COc2ccccc2F)cs1. The summed E-state index contributed by atoms with van der Waals surface area (Å²) in [7, 11) is 0. The van der Waals surface area contributed by atoms with Crippen LogP contribution in [-0.2, 0) is 13.2 Å². The lowest BCUT2D eigenvalue weighted by molar-refractivity contribution is 0.103. The molecule has 0 fully saturated rings. The molecule has 2 aromatic heterocycles. The highest BCUT2D eigenvalue weighted by Gasteiger charge is 2.15. The molecule has 0 aliphatic rings. The van der Waals surface area contributed by atoms with E-state index in [-0.39, 0.29) is 30.6 Å². The van der Waals surface area contributed by atoms with Crippen molar-refractivity contribution < 1.29 is 18.3 Å². The fraction of sp³-hybridized carbons (Fsp3) is 0.0909. The molecule has 0 saturated carbocycles. The Labute approximate surface area is 189 Å². The van der Waals surface area contributed by atoms with E-state index in [0.29, 0.717) is 20.7 Å². The molecule has 1 amide bonds. The minimum atomic E-state index is -0.438. The fourth-order valence-electron chi connectivity index (χ4n) is 2.83. The highest BCUT2D eigenvalue weighted by atomic mass is 79.9. The van der Waals surface area contributed by atoms with E-state index in [1.807, 2.05) is 0 Å². The number of amides is 1. The number of thiophene rings is 1. The number of carbonyl (C=O) groups is 1. The number of nitrogens with one attached hydrogen (secondary N) is 1. The summed E-state index contributed by atoms with van der Waals surface area (Å²) in [6, 6.07) is 14.3. The van der Waals surface area contributed by atoms with Crippen molar-refractivity contribution in [2.75, 3.05) is 5.32 Å². The number of hydrogen-bond donors (Lipinski definition) is 1. The van der Waals surface area contributed by atoms with Gasteiger partial charge in [0.2, 0.25) is 0 Å². The predicted molar refractivity (Wildman–Crippen MR) is 118 cm³/mol. The zero-order valence-electron chi connectivity index (χ0n) is 16.0. The van der Waals surface area contributed by atoms with Crippen LogP contribution in [0.25, 0.3) is 0 Å². The molecule has 5 nitrogen and oxygen atoms in total. The summed E-state index contributed by atoms with van der Waals surface area (Å²) in [6.07, 6.45) is 1.67. The second-order valence-electron chi connectivity index (χ2n) is 6.61. The van der Waals surface area contributed by atoms with Crippen LogP contribution in [0, 0.1) is 11.6 Å². The van der Waals surface area contributed by atoms with Gasteiger partial charge in [0.05, 0.1) is 15.9 Å². The molecule has 4 rings (SSSR count). The van der Waals surface area contributed by atoms with Crippen LogP contribution in [-0.4, -0.2) is 15.7 Å². The van der Waals surface area contributed by atoms with Crippen molar-refractivity contribution >= 4 is 39.0 Å². The minimum Gasteiger partial charge on any atom is -0.486 e. The molecule has 31 heavy (non-hydrogen) atoms. The number of hydrogen-bond acceptors (Lipinski definition) is 4. The van der Waals surface area contributed by atoms with Crippen LogP contribution in [0.15, 0.2) is 70.6 Å². The van der Waals surface area contributed by atoms with E-state index >= 15 is 0 Å². The van der Waals surface area contributed by atoms with Crippen molar-refractivity contribution in [2.24, 2.45) is 0 Å². The molecule has 2 aromatic carbocycles. The van der Waals surface area contributed by atoms with E-state index < -0.39 is 5.82 Å². The van der Waals surface area contributed by atoms with Gasteiger partial charge in [-0.3, -0.25) is 9.48 Å². The van der Waals surface area contributed by atoms with Gasteiger partial charge in [0, 0.05) is 17.3 Å². The van der Waals surface area contributed by atoms with E-state index in [4.69, 9.17) is 4.74 Å². The average Bonchev–Trinajstić information content (AvgIpc) is 3.36. The first-order chi connectivity index (χ1) is 15.0. The molecule has 0 aliphatic carbocycles. The van der Waals surface area contributed by atoms with Crippen molar-refractivity contribution in [3.8, 4) is 5.75 Å². The second kappa shape index (κ2) is 9.40. The topological polar surface area (TPSA) is 56.2 Å². The highest BCUT2D eigenvalue weighted by molar-refractivity contribution is 9.10. The number of halogens is 3. The Morgan fingerprint density at radius 2 is 1.87 bits per heavy atom. The van der Waals surface area contributed by atoms with Crippen molar-refractivity contribution in [3.05, 3.63) is 98.3 Å². The molecule has 2 heterocycles. The van der Waals surface area contributed by atoms with Crippen molar-refractivity contribution in [1.29, 1.82) is 0 Å². The van der Waals surface area contributed by atoms with Gasteiger partial charge in [0.15, 0.2) is 17.4 Å². The number of ether oxygens (including phenoxy) is 1. The summed E-state index contributed by atoms with van der Waals surface area (Å²) in [5, 5.41) is 8.83. The van der Waals surface area contributed by atoms with Gasteiger partial charge in [-0.15, -0.1) is 11.3 Å². The summed E-state index contributed by atoms with van der Waals surface area (Å²) < 4.78 is 35.1. The van der Waals surface area contributed by atoms with Gasteiger partial charge in [0.1, 0.15) is 12.4 Å². The van der Waals surface area contributed by atoms with Gasteiger partial charge in [-0.05, 0) is 45.6 Å². The average molecular weight is 504 g/mol. The molecule has 158 valence electrons. The first kappa shape index (κ1) is 21.2. The van der Waals surface area contributed by atoms with E-state index in [0.717, 1.165) is 5.56 Å². The Bertz CT molecular complexity index is 1220. The summed E-state index contributed by atoms with van der Waals surface area (Å²) in [4.78, 5) is 13.1. The monoisotopic (exact) mass is 503 g/mol. The summed E-state index contributed by atoms with van der Waals surface area (Å²) >= 11 is 4.62. The van der Waals surface area contributed by atoms with Gasteiger partial charge in [0.25, 0.3) is 5.91 Å². The van der Waals surface area contributed by atoms with E-state index in [9.17, 15) is 13.6 Å². The summed E-state index contributed by atoms with van der Waals surface area (Å²) in [5.74, 6) is -0.600. The molecule has 0 bridgehead atoms.